The van der Waals surface area contributed by atoms with Gasteiger partial charge in [-0.3, -0.25) is 4.79 Å². The van der Waals surface area contributed by atoms with Crippen molar-refractivity contribution in [1.29, 1.82) is 0 Å². The van der Waals surface area contributed by atoms with Crippen molar-refractivity contribution in [2.24, 2.45) is 5.10 Å². The van der Waals surface area contributed by atoms with Crippen molar-refractivity contribution in [2.75, 3.05) is 0 Å². The van der Waals surface area contributed by atoms with Gasteiger partial charge in [-0.2, -0.15) is 10.1 Å². The normalized spacial score (nSPS) is 20.5. The number of hydrogen-bond acceptors (Lipinski definition) is 3. The van der Waals surface area contributed by atoms with Gasteiger partial charge in [0.2, 0.25) is 0 Å². The minimum absolute atomic E-state index is 0.196. The number of carbonyl (C=O) groups excluding carboxylic acids is 1. The van der Waals surface area contributed by atoms with Gasteiger partial charge in [0.1, 0.15) is 5.82 Å². The van der Waals surface area contributed by atoms with Crippen LogP contribution in [0.25, 0.3) is 0 Å². The highest BCUT2D eigenvalue weighted by Crippen LogP contribution is 2.36. The molecule has 0 saturated heterocycles. The molecule has 0 unspecified atom stereocenters. The number of rotatable bonds is 2. The molecule has 1 aliphatic rings. The third-order valence-electron chi connectivity index (χ3n) is 3.71. The van der Waals surface area contributed by atoms with Crippen molar-refractivity contribution in [3.05, 3.63) is 70.5 Å². The SMILES string of the molecule is CC1=NN(C(=O)c2ccc(F)cc2)[C@](O)(c2ccc(Cl)cc2)C1. The first-order valence-electron chi connectivity index (χ1n) is 7.03. The van der Waals surface area contributed by atoms with Crippen LogP contribution in [-0.2, 0) is 5.72 Å². The van der Waals surface area contributed by atoms with E-state index < -0.39 is 17.4 Å². The van der Waals surface area contributed by atoms with E-state index in [0.717, 1.165) is 5.01 Å². The number of hydrogen-bond donors (Lipinski definition) is 1. The summed E-state index contributed by atoms with van der Waals surface area (Å²) in [5.74, 6) is -0.935. The number of nitrogens with zero attached hydrogens (tertiary/aromatic N) is 2. The first kappa shape index (κ1) is 15.6. The molecule has 1 aliphatic heterocycles. The molecule has 3 rings (SSSR count). The van der Waals surface area contributed by atoms with E-state index >= 15 is 0 Å². The molecule has 118 valence electrons. The number of amides is 1. The lowest BCUT2D eigenvalue weighted by atomic mass is 9.97. The largest absolute Gasteiger partial charge is 0.365 e. The lowest BCUT2D eigenvalue weighted by Gasteiger charge is -2.31. The highest BCUT2D eigenvalue weighted by molar-refractivity contribution is 6.30. The Labute approximate surface area is 137 Å². The first-order valence-corrected chi connectivity index (χ1v) is 7.40. The minimum atomic E-state index is -1.58. The highest BCUT2D eigenvalue weighted by atomic mass is 35.5. The second-order valence-corrected chi connectivity index (χ2v) is 5.90. The Bertz CT molecular complexity index is 774. The lowest BCUT2D eigenvalue weighted by molar-refractivity contribution is -0.0765. The van der Waals surface area contributed by atoms with E-state index in [-0.39, 0.29) is 12.0 Å². The zero-order valence-electron chi connectivity index (χ0n) is 12.3. The Kier molecular flexibility index (Phi) is 3.92. The van der Waals surface area contributed by atoms with Gasteiger partial charge in [0.05, 0.1) is 0 Å². The summed E-state index contributed by atoms with van der Waals surface area (Å²) in [4.78, 5) is 12.7. The average Bonchev–Trinajstić information content (AvgIpc) is 2.84. The summed E-state index contributed by atoms with van der Waals surface area (Å²) in [6.45, 7) is 1.73. The molecule has 0 bridgehead atoms. The van der Waals surface area contributed by atoms with Crippen LogP contribution in [-0.4, -0.2) is 21.7 Å². The molecule has 23 heavy (non-hydrogen) atoms. The molecule has 1 amide bonds. The van der Waals surface area contributed by atoms with E-state index in [1.807, 2.05) is 0 Å². The van der Waals surface area contributed by atoms with Crippen LogP contribution in [0.1, 0.15) is 29.3 Å². The maximum atomic E-state index is 13.0. The molecule has 0 spiro atoms. The van der Waals surface area contributed by atoms with Crippen molar-refractivity contribution in [1.82, 2.24) is 5.01 Å². The summed E-state index contributed by atoms with van der Waals surface area (Å²) < 4.78 is 13.0. The van der Waals surface area contributed by atoms with E-state index in [1.54, 1.807) is 31.2 Å². The fourth-order valence-corrected chi connectivity index (χ4v) is 2.72. The first-order chi connectivity index (χ1) is 10.9. The van der Waals surface area contributed by atoms with E-state index in [2.05, 4.69) is 5.10 Å². The topological polar surface area (TPSA) is 52.9 Å². The maximum Gasteiger partial charge on any atom is 0.276 e. The van der Waals surface area contributed by atoms with Gasteiger partial charge in [0, 0.05) is 28.3 Å². The van der Waals surface area contributed by atoms with Crippen LogP contribution in [0.5, 0.6) is 0 Å². The van der Waals surface area contributed by atoms with Gasteiger partial charge in [-0.05, 0) is 43.3 Å². The van der Waals surface area contributed by atoms with Crippen molar-refractivity contribution in [3.8, 4) is 0 Å². The molecule has 0 aliphatic carbocycles. The average molecular weight is 333 g/mol. The second kappa shape index (κ2) is 5.76. The maximum absolute atomic E-state index is 13.0. The molecule has 0 aromatic heterocycles. The number of hydrazone groups is 1. The van der Waals surface area contributed by atoms with E-state index in [9.17, 15) is 14.3 Å². The van der Waals surface area contributed by atoms with Crippen molar-refractivity contribution in [3.63, 3.8) is 0 Å². The molecule has 2 aromatic carbocycles. The monoisotopic (exact) mass is 332 g/mol. The van der Waals surface area contributed by atoms with Crippen molar-refractivity contribution < 1.29 is 14.3 Å². The Balaban J connectivity index is 1.99. The van der Waals surface area contributed by atoms with Crippen LogP contribution < -0.4 is 0 Å². The summed E-state index contributed by atoms with van der Waals surface area (Å²) in [5, 5.41) is 16.8. The fraction of sp³-hybridized carbons (Fsp3) is 0.176. The quantitative estimate of drug-likeness (QED) is 0.914. The van der Waals surface area contributed by atoms with Gasteiger partial charge in [-0.15, -0.1) is 0 Å². The molecule has 1 atom stereocenters. The smallest absolute Gasteiger partial charge is 0.276 e. The molecule has 4 nitrogen and oxygen atoms in total. The second-order valence-electron chi connectivity index (χ2n) is 5.46. The van der Waals surface area contributed by atoms with Gasteiger partial charge in [0.15, 0.2) is 5.72 Å². The van der Waals surface area contributed by atoms with Gasteiger partial charge in [0.25, 0.3) is 5.91 Å². The molecular formula is C17H14ClFN2O2. The van der Waals surface area contributed by atoms with Crippen LogP contribution in [0.2, 0.25) is 5.02 Å². The Morgan fingerprint density at radius 1 is 1.22 bits per heavy atom. The number of aliphatic hydroxyl groups is 1. The molecule has 1 N–H and O–H groups in total. The third-order valence-corrected chi connectivity index (χ3v) is 3.97. The predicted molar refractivity (Wildman–Crippen MR) is 85.6 cm³/mol. The molecule has 0 saturated carbocycles. The number of halogens is 2. The standard InChI is InChI=1S/C17H14ClFN2O2/c1-11-10-17(23,13-4-6-14(18)7-5-13)21(20-11)16(22)12-2-8-15(19)9-3-12/h2-9,23H,10H2,1H3/t17-/m1/s1. The molecule has 6 heteroatoms. The predicted octanol–water partition coefficient (Wildman–Crippen LogP) is 3.55. The third kappa shape index (κ3) is 2.85. The summed E-state index contributed by atoms with van der Waals surface area (Å²) in [5.41, 5.74) is -0.201. The van der Waals surface area contributed by atoms with Crippen LogP contribution in [0.15, 0.2) is 53.6 Å². The molecule has 0 fully saturated rings. The summed E-state index contributed by atoms with van der Waals surface area (Å²) in [7, 11) is 0. The van der Waals surface area contributed by atoms with Crippen LogP contribution in [0.4, 0.5) is 4.39 Å². The number of benzene rings is 2. The van der Waals surface area contributed by atoms with Gasteiger partial charge in [-0.1, -0.05) is 23.7 Å². The van der Waals surface area contributed by atoms with Crippen LogP contribution >= 0.6 is 11.6 Å². The van der Waals surface area contributed by atoms with Crippen molar-refractivity contribution >= 4 is 23.2 Å². The van der Waals surface area contributed by atoms with E-state index in [4.69, 9.17) is 11.6 Å². The van der Waals surface area contributed by atoms with Gasteiger partial charge < -0.3 is 5.11 Å². The van der Waals surface area contributed by atoms with Crippen LogP contribution in [0.3, 0.4) is 0 Å². The summed E-state index contributed by atoms with van der Waals surface area (Å²) in [6, 6.07) is 11.7. The zero-order chi connectivity index (χ0) is 16.6. The lowest BCUT2D eigenvalue weighted by Crippen LogP contribution is -2.43. The molecular weight excluding hydrogens is 319 g/mol. The highest BCUT2D eigenvalue weighted by Gasteiger charge is 2.45. The minimum Gasteiger partial charge on any atom is -0.365 e. The molecule has 1 heterocycles. The van der Waals surface area contributed by atoms with Gasteiger partial charge >= 0.3 is 0 Å². The summed E-state index contributed by atoms with van der Waals surface area (Å²) in [6.07, 6.45) is 0.196. The zero-order valence-corrected chi connectivity index (χ0v) is 13.1. The fourth-order valence-electron chi connectivity index (χ4n) is 2.59. The van der Waals surface area contributed by atoms with Gasteiger partial charge in [-0.25, -0.2) is 4.39 Å². The Hall–Kier alpha value is -2.24. The van der Waals surface area contributed by atoms with Crippen LogP contribution in [0, 0.1) is 5.82 Å². The Morgan fingerprint density at radius 2 is 1.83 bits per heavy atom. The number of carbonyl (C=O) groups is 1. The van der Waals surface area contributed by atoms with E-state index in [0.29, 0.717) is 16.3 Å². The summed E-state index contributed by atoms with van der Waals surface area (Å²) >= 11 is 5.88. The van der Waals surface area contributed by atoms with E-state index in [1.165, 1.54) is 24.3 Å². The molecule has 0 radical (unpaired) electrons. The van der Waals surface area contributed by atoms with Crippen molar-refractivity contribution in [2.45, 2.75) is 19.1 Å². The Morgan fingerprint density at radius 3 is 2.43 bits per heavy atom. The molecule has 2 aromatic rings.